The van der Waals surface area contributed by atoms with Gasteiger partial charge in [-0.1, -0.05) is 22.0 Å². The van der Waals surface area contributed by atoms with Crippen LogP contribution >= 0.6 is 15.9 Å². The molecule has 0 N–H and O–H groups in total. The fraction of sp³-hybridized carbons (Fsp3) is 0.533. The van der Waals surface area contributed by atoms with E-state index >= 15 is 0 Å². The van der Waals surface area contributed by atoms with E-state index in [9.17, 15) is 0 Å². The van der Waals surface area contributed by atoms with Gasteiger partial charge >= 0.3 is 0 Å². The second-order valence-electron chi connectivity index (χ2n) is 5.30. The number of likely N-dealkylation sites (N-methyl/N-ethyl adjacent to an activating group) is 1. The summed E-state index contributed by atoms with van der Waals surface area (Å²) in [5.41, 5.74) is 1.21. The average Bonchev–Trinajstić information content (AvgIpc) is 2.49. The summed E-state index contributed by atoms with van der Waals surface area (Å²) >= 11 is 3.54. The molecule has 3 nitrogen and oxygen atoms in total. The Hall–Kier alpha value is -1.05. The molecule has 0 spiro atoms. The Labute approximate surface area is 123 Å². The highest BCUT2D eigenvalue weighted by Crippen LogP contribution is 2.28. The first-order chi connectivity index (χ1) is 9.11. The number of hydrogen-bond donors (Lipinski definition) is 0. The standard InChI is InChI=1S/C15H20BrN3/c1-12-7-9-18(2)11-15(6-8-17)19(12)14-5-3-4-13(16)10-14/h3-5,10,12,15H,6-7,9,11H2,1-2H3. The Morgan fingerprint density at radius 3 is 2.95 bits per heavy atom. The number of rotatable bonds is 2. The van der Waals surface area contributed by atoms with Crippen molar-refractivity contribution in [3.63, 3.8) is 0 Å². The molecule has 102 valence electrons. The van der Waals surface area contributed by atoms with Crippen molar-refractivity contribution in [3.8, 4) is 6.07 Å². The highest BCUT2D eigenvalue weighted by Gasteiger charge is 2.28. The maximum absolute atomic E-state index is 9.10. The van der Waals surface area contributed by atoms with Crippen molar-refractivity contribution in [2.24, 2.45) is 0 Å². The van der Waals surface area contributed by atoms with Crippen LogP contribution in [0.3, 0.4) is 0 Å². The number of nitriles is 1. The highest BCUT2D eigenvalue weighted by atomic mass is 79.9. The molecule has 0 amide bonds. The molecule has 2 unspecified atom stereocenters. The van der Waals surface area contributed by atoms with Crippen LogP contribution in [0.15, 0.2) is 28.7 Å². The van der Waals surface area contributed by atoms with Crippen molar-refractivity contribution in [3.05, 3.63) is 28.7 Å². The summed E-state index contributed by atoms with van der Waals surface area (Å²) in [4.78, 5) is 4.74. The van der Waals surface area contributed by atoms with Crippen molar-refractivity contribution in [1.29, 1.82) is 5.26 Å². The van der Waals surface area contributed by atoms with Crippen molar-refractivity contribution in [2.45, 2.75) is 31.8 Å². The van der Waals surface area contributed by atoms with Crippen molar-refractivity contribution in [2.75, 3.05) is 25.0 Å². The zero-order valence-corrected chi connectivity index (χ0v) is 13.1. The van der Waals surface area contributed by atoms with Gasteiger partial charge in [0.15, 0.2) is 0 Å². The summed E-state index contributed by atoms with van der Waals surface area (Å²) in [5, 5.41) is 9.10. The summed E-state index contributed by atoms with van der Waals surface area (Å²) in [7, 11) is 2.14. The first-order valence-electron chi connectivity index (χ1n) is 6.71. The Morgan fingerprint density at radius 1 is 1.47 bits per heavy atom. The van der Waals surface area contributed by atoms with Crippen LogP contribution in [-0.2, 0) is 0 Å². The zero-order chi connectivity index (χ0) is 13.8. The number of hydrogen-bond acceptors (Lipinski definition) is 3. The summed E-state index contributed by atoms with van der Waals surface area (Å²) < 4.78 is 1.09. The van der Waals surface area contributed by atoms with Gasteiger partial charge in [0, 0.05) is 22.7 Å². The van der Waals surface area contributed by atoms with Crippen LogP contribution in [0.25, 0.3) is 0 Å². The lowest BCUT2D eigenvalue weighted by atomic mass is 10.1. The molecule has 0 aromatic heterocycles. The van der Waals surface area contributed by atoms with E-state index in [1.165, 1.54) is 5.69 Å². The van der Waals surface area contributed by atoms with Crippen molar-refractivity contribution in [1.82, 2.24) is 4.90 Å². The minimum absolute atomic E-state index is 0.266. The summed E-state index contributed by atoms with van der Waals surface area (Å²) in [6, 6.07) is 11.4. The monoisotopic (exact) mass is 321 g/mol. The molecule has 1 saturated heterocycles. The molecule has 19 heavy (non-hydrogen) atoms. The SMILES string of the molecule is CC1CCN(C)CC(CC#N)N1c1cccc(Br)c1. The molecule has 1 heterocycles. The van der Waals surface area contributed by atoms with E-state index in [4.69, 9.17) is 5.26 Å². The fourth-order valence-corrected chi connectivity index (χ4v) is 3.20. The second kappa shape index (κ2) is 6.40. The topological polar surface area (TPSA) is 30.3 Å². The van der Waals surface area contributed by atoms with E-state index in [1.807, 2.05) is 6.07 Å². The van der Waals surface area contributed by atoms with Crippen molar-refractivity contribution < 1.29 is 0 Å². The van der Waals surface area contributed by atoms with Crippen LogP contribution < -0.4 is 4.90 Å². The Morgan fingerprint density at radius 2 is 2.26 bits per heavy atom. The maximum atomic E-state index is 9.10. The van der Waals surface area contributed by atoms with Gasteiger partial charge in [0.05, 0.1) is 18.5 Å². The van der Waals surface area contributed by atoms with Crippen LogP contribution in [0.4, 0.5) is 5.69 Å². The van der Waals surface area contributed by atoms with E-state index in [1.54, 1.807) is 0 Å². The largest absolute Gasteiger partial charge is 0.363 e. The number of nitrogens with zero attached hydrogens (tertiary/aromatic N) is 3. The number of anilines is 1. The van der Waals surface area contributed by atoms with Crippen LogP contribution in [0.2, 0.25) is 0 Å². The van der Waals surface area contributed by atoms with E-state index < -0.39 is 0 Å². The van der Waals surface area contributed by atoms with E-state index in [0.717, 1.165) is 24.0 Å². The van der Waals surface area contributed by atoms with E-state index in [0.29, 0.717) is 12.5 Å². The average molecular weight is 322 g/mol. The normalized spacial score (nSPS) is 24.8. The maximum Gasteiger partial charge on any atom is 0.0643 e. The molecule has 0 radical (unpaired) electrons. The number of halogens is 1. The summed E-state index contributed by atoms with van der Waals surface area (Å²) in [6.07, 6.45) is 1.70. The van der Waals surface area contributed by atoms with E-state index in [-0.39, 0.29) is 6.04 Å². The molecular formula is C15H20BrN3. The molecule has 1 aliphatic heterocycles. The van der Waals surface area contributed by atoms with Gasteiger partial charge in [0.25, 0.3) is 0 Å². The lowest BCUT2D eigenvalue weighted by molar-refractivity contribution is 0.331. The Balaban J connectivity index is 2.33. The van der Waals surface area contributed by atoms with Gasteiger partial charge < -0.3 is 9.80 Å². The van der Waals surface area contributed by atoms with E-state index in [2.05, 4.69) is 64.0 Å². The van der Waals surface area contributed by atoms with Gasteiger partial charge in [0.2, 0.25) is 0 Å². The summed E-state index contributed by atoms with van der Waals surface area (Å²) in [5.74, 6) is 0. The van der Waals surface area contributed by atoms with Crippen LogP contribution in [0, 0.1) is 11.3 Å². The predicted octanol–water partition coefficient (Wildman–Crippen LogP) is 3.26. The second-order valence-corrected chi connectivity index (χ2v) is 6.22. The van der Waals surface area contributed by atoms with Crippen LogP contribution in [0.5, 0.6) is 0 Å². The minimum atomic E-state index is 0.266. The third kappa shape index (κ3) is 3.49. The molecule has 2 atom stereocenters. The lowest BCUT2D eigenvalue weighted by Gasteiger charge is -2.36. The Bertz CT molecular complexity index is 469. The quantitative estimate of drug-likeness (QED) is 0.837. The molecular weight excluding hydrogens is 302 g/mol. The van der Waals surface area contributed by atoms with Gasteiger partial charge in [-0.2, -0.15) is 5.26 Å². The highest BCUT2D eigenvalue weighted by molar-refractivity contribution is 9.10. The molecule has 4 heteroatoms. The van der Waals surface area contributed by atoms with Crippen molar-refractivity contribution >= 4 is 21.6 Å². The van der Waals surface area contributed by atoms with Crippen LogP contribution in [0.1, 0.15) is 19.8 Å². The van der Waals surface area contributed by atoms with Gasteiger partial charge in [-0.3, -0.25) is 0 Å². The molecule has 1 aromatic carbocycles. The summed E-state index contributed by atoms with van der Waals surface area (Å²) in [6.45, 7) is 4.29. The van der Waals surface area contributed by atoms with Gasteiger partial charge in [-0.05, 0) is 45.1 Å². The molecule has 1 fully saturated rings. The Kier molecular flexibility index (Phi) is 4.84. The number of benzene rings is 1. The third-order valence-electron chi connectivity index (χ3n) is 3.75. The first-order valence-corrected chi connectivity index (χ1v) is 7.50. The fourth-order valence-electron chi connectivity index (χ4n) is 2.82. The molecule has 0 aliphatic carbocycles. The third-order valence-corrected chi connectivity index (χ3v) is 4.25. The zero-order valence-electron chi connectivity index (χ0n) is 11.5. The molecule has 1 aromatic rings. The van der Waals surface area contributed by atoms with Gasteiger partial charge in [-0.15, -0.1) is 0 Å². The van der Waals surface area contributed by atoms with Gasteiger partial charge in [-0.25, -0.2) is 0 Å². The lowest BCUT2D eigenvalue weighted by Crippen LogP contribution is -2.44. The molecule has 0 bridgehead atoms. The molecule has 1 aliphatic rings. The molecule has 2 rings (SSSR count). The molecule has 0 saturated carbocycles. The first kappa shape index (κ1) is 14.4. The smallest absolute Gasteiger partial charge is 0.0643 e. The van der Waals surface area contributed by atoms with Gasteiger partial charge in [0.1, 0.15) is 0 Å². The minimum Gasteiger partial charge on any atom is -0.363 e. The van der Waals surface area contributed by atoms with Crippen LogP contribution in [-0.4, -0.2) is 37.1 Å². The predicted molar refractivity (Wildman–Crippen MR) is 82.2 cm³/mol.